The third-order valence-corrected chi connectivity index (χ3v) is 18.3. The van der Waals surface area contributed by atoms with Crippen LogP contribution in [-0.2, 0) is 9.13 Å². The molecule has 0 amide bonds. The second-order valence-corrected chi connectivity index (χ2v) is 21.0. The molecule has 0 aromatic heterocycles. The van der Waals surface area contributed by atoms with E-state index in [4.69, 9.17) is 0 Å². The first-order chi connectivity index (χ1) is 30.4. The highest BCUT2D eigenvalue weighted by molar-refractivity contribution is 7.85. The molecule has 0 fully saturated rings. The molecule has 2 N–H and O–H groups in total. The van der Waals surface area contributed by atoms with Crippen LogP contribution in [0, 0.1) is 13.8 Å². The molecule has 0 heterocycles. The molecule has 308 valence electrons. The van der Waals surface area contributed by atoms with E-state index < -0.39 is 14.3 Å². The second kappa shape index (κ2) is 18.6. The highest BCUT2D eigenvalue weighted by Crippen LogP contribution is 2.47. The molecule has 5 heteroatoms. The lowest BCUT2D eigenvalue weighted by Gasteiger charge is -2.24. The van der Waals surface area contributed by atoms with Gasteiger partial charge in [0.2, 0.25) is 0 Å². The summed E-state index contributed by atoms with van der Waals surface area (Å²) in [5, 5.41) is 9.90. The largest absolute Gasteiger partial charge is 0.412 e. The van der Waals surface area contributed by atoms with Crippen LogP contribution in [0.4, 0.5) is 0 Å². The molecule has 0 unspecified atom stereocenters. The molecule has 0 aliphatic rings. The Hall–Kier alpha value is -6.86. The van der Waals surface area contributed by atoms with Crippen molar-refractivity contribution in [1.82, 2.24) is 0 Å². The molecule has 63 heavy (non-hydrogen) atoms. The molecule has 0 aliphatic carbocycles. The van der Waals surface area contributed by atoms with Crippen LogP contribution in [0.25, 0.3) is 43.8 Å². The summed E-state index contributed by atoms with van der Waals surface area (Å²) >= 11 is 0. The normalized spacial score (nSPS) is 11.3. The van der Waals surface area contributed by atoms with Gasteiger partial charge in [0.1, 0.15) is 0 Å². The van der Waals surface area contributed by atoms with Gasteiger partial charge in [-0.15, -0.1) is 0 Å². The van der Waals surface area contributed by atoms with Crippen LogP contribution in [0.3, 0.4) is 0 Å². The molecule has 0 bridgehead atoms. The Morgan fingerprint density at radius 1 is 0.286 bits per heavy atom. The van der Waals surface area contributed by atoms with Crippen LogP contribution < -0.4 is 31.8 Å². The fraction of sp³-hybridized carbons (Fsp3) is 0.0345. The zero-order valence-electron chi connectivity index (χ0n) is 35.3. The number of benzene rings is 10. The minimum Gasteiger partial charge on any atom is -0.412 e. The zero-order valence-corrected chi connectivity index (χ0v) is 37.1. The van der Waals surface area contributed by atoms with Gasteiger partial charge in [0.25, 0.3) is 0 Å². The molecule has 10 aromatic rings. The fourth-order valence-electron chi connectivity index (χ4n) is 8.78. The Morgan fingerprint density at radius 3 is 0.778 bits per heavy atom. The maximum Gasteiger partial charge on any atom is 0.171 e. The summed E-state index contributed by atoms with van der Waals surface area (Å²) in [5.41, 5.74) is 6.64. The lowest BCUT2D eigenvalue weighted by atomic mass is 9.95. The lowest BCUT2D eigenvalue weighted by molar-refractivity contribution is 0.591. The third kappa shape index (κ3) is 8.04. The van der Waals surface area contributed by atoms with Gasteiger partial charge in [-0.25, -0.2) is 0 Å². The van der Waals surface area contributed by atoms with Gasteiger partial charge in [-0.05, 0) is 80.9 Å². The van der Waals surface area contributed by atoms with E-state index in [2.05, 4.69) is 123 Å². The molecule has 0 spiro atoms. The van der Waals surface area contributed by atoms with Crippen molar-refractivity contribution < 1.29 is 14.6 Å². The molecule has 10 rings (SSSR count). The van der Waals surface area contributed by atoms with Crippen LogP contribution in [0.5, 0.6) is 0 Å². The predicted octanol–water partition coefficient (Wildman–Crippen LogP) is 12.1. The topological polar surface area (TPSA) is 65.6 Å². The molecular formula is C58H48O3P2. The van der Waals surface area contributed by atoms with Gasteiger partial charge in [0.05, 0.1) is 0 Å². The van der Waals surface area contributed by atoms with E-state index in [1.165, 1.54) is 10.8 Å². The number of hydrogen-bond acceptors (Lipinski definition) is 2. The van der Waals surface area contributed by atoms with Gasteiger partial charge in [-0.1, -0.05) is 231 Å². The summed E-state index contributed by atoms with van der Waals surface area (Å²) in [4.78, 5) is 0. The van der Waals surface area contributed by atoms with Crippen molar-refractivity contribution in [2.24, 2.45) is 0 Å². The maximum atomic E-state index is 15.1. The Bertz CT molecular complexity index is 2920. The van der Waals surface area contributed by atoms with E-state index in [1.54, 1.807) is 0 Å². The zero-order chi connectivity index (χ0) is 42.5. The SMILES string of the molecule is Cc1c(P(=O)(c2ccccc2)c2ccccc2)cc(-c2ccccc2)c2ccccc12.Cc1c(P(=O)(c2ccccc2)c2ccccc2)cc(-c2ccccc2)c2ccccc12.O. The van der Waals surface area contributed by atoms with E-state index in [9.17, 15) is 0 Å². The summed E-state index contributed by atoms with van der Waals surface area (Å²) < 4.78 is 30.1. The monoisotopic (exact) mass is 854 g/mol. The highest BCUT2D eigenvalue weighted by atomic mass is 31.2. The van der Waals surface area contributed by atoms with Gasteiger partial charge < -0.3 is 14.6 Å². The predicted molar refractivity (Wildman–Crippen MR) is 271 cm³/mol. The molecule has 0 saturated carbocycles. The van der Waals surface area contributed by atoms with Crippen molar-refractivity contribution in [3.63, 3.8) is 0 Å². The summed E-state index contributed by atoms with van der Waals surface area (Å²) in [7, 11) is -6.13. The van der Waals surface area contributed by atoms with Gasteiger partial charge in [-0.2, -0.15) is 0 Å². The first-order valence-electron chi connectivity index (χ1n) is 21.0. The number of hydrogen-bond donors (Lipinski definition) is 0. The minimum absolute atomic E-state index is 0. The van der Waals surface area contributed by atoms with Gasteiger partial charge in [0, 0.05) is 31.8 Å². The van der Waals surface area contributed by atoms with E-state index in [0.717, 1.165) is 76.0 Å². The van der Waals surface area contributed by atoms with Crippen LogP contribution >= 0.6 is 14.3 Å². The first kappa shape index (κ1) is 42.8. The third-order valence-electron chi connectivity index (χ3n) is 11.9. The quantitative estimate of drug-likeness (QED) is 0.143. The van der Waals surface area contributed by atoms with Gasteiger partial charge >= 0.3 is 0 Å². The summed E-state index contributed by atoms with van der Waals surface area (Å²) in [6, 6.07) is 81.5. The molecular weight excluding hydrogens is 807 g/mol. The highest BCUT2D eigenvalue weighted by Gasteiger charge is 2.34. The lowest BCUT2D eigenvalue weighted by Crippen LogP contribution is -2.27. The van der Waals surface area contributed by atoms with E-state index in [-0.39, 0.29) is 5.48 Å². The van der Waals surface area contributed by atoms with Crippen molar-refractivity contribution in [3.05, 3.63) is 254 Å². The van der Waals surface area contributed by atoms with E-state index in [0.29, 0.717) is 0 Å². The van der Waals surface area contributed by atoms with Crippen LogP contribution in [-0.4, -0.2) is 5.48 Å². The Labute approximate surface area is 370 Å². The van der Waals surface area contributed by atoms with Crippen molar-refractivity contribution in [1.29, 1.82) is 0 Å². The standard InChI is InChI=1S/2C29H23OP.H2O/c2*1-22-26-19-11-12-20-27(26)28(23-13-5-2-6-14-23)21-29(22)31(30,24-15-7-3-8-16-24)25-17-9-4-10-18-25;/h2*2-21H,1H3;1H2. The van der Waals surface area contributed by atoms with E-state index in [1.807, 2.05) is 133 Å². The van der Waals surface area contributed by atoms with Crippen LogP contribution in [0.15, 0.2) is 243 Å². The number of fused-ring (bicyclic) bond motifs is 2. The molecule has 0 saturated heterocycles. The average molecular weight is 855 g/mol. The van der Waals surface area contributed by atoms with Crippen molar-refractivity contribution >= 4 is 67.7 Å². The Kier molecular flexibility index (Phi) is 12.7. The van der Waals surface area contributed by atoms with Crippen molar-refractivity contribution in [2.75, 3.05) is 0 Å². The second-order valence-electron chi connectivity index (χ2n) is 15.5. The van der Waals surface area contributed by atoms with E-state index >= 15 is 9.13 Å². The molecule has 3 nitrogen and oxygen atoms in total. The molecule has 0 radical (unpaired) electrons. The number of aryl methyl sites for hydroxylation is 2. The van der Waals surface area contributed by atoms with Crippen LogP contribution in [0.2, 0.25) is 0 Å². The minimum atomic E-state index is -3.07. The summed E-state index contributed by atoms with van der Waals surface area (Å²) in [5.74, 6) is 0. The Morgan fingerprint density at radius 2 is 0.508 bits per heavy atom. The first-order valence-corrected chi connectivity index (χ1v) is 24.4. The molecule has 10 aromatic carbocycles. The molecule has 0 aliphatic heterocycles. The Balaban J connectivity index is 0.000000170. The summed E-state index contributed by atoms with van der Waals surface area (Å²) in [6.45, 7) is 4.20. The average Bonchev–Trinajstić information content (AvgIpc) is 3.36. The number of rotatable bonds is 8. The van der Waals surface area contributed by atoms with Gasteiger partial charge in [0.15, 0.2) is 14.3 Å². The van der Waals surface area contributed by atoms with Crippen molar-refractivity contribution in [2.45, 2.75) is 13.8 Å². The summed E-state index contributed by atoms with van der Waals surface area (Å²) in [6.07, 6.45) is 0. The van der Waals surface area contributed by atoms with Crippen LogP contribution in [0.1, 0.15) is 11.1 Å². The van der Waals surface area contributed by atoms with Crippen molar-refractivity contribution in [3.8, 4) is 22.3 Å². The van der Waals surface area contributed by atoms with Gasteiger partial charge in [-0.3, -0.25) is 0 Å². The molecule has 0 atom stereocenters. The smallest absolute Gasteiger partial charge is 0.171 e. The maximum absolute atomic E-state index is 15.1. The fourth-order valence-corrected chi connectivity index (χ4v) is 14.7.